The molecule has 1 aromatic rings. The smallest absolute Gasteiger partial charge is 0.251 e. The van der Waals surface area contributed by atoms with Crippen LogP contribution in [0.1, 0.15) is 60.9 Å². The largest absolute Gasteiger partial charge is 0.352 e. The van der Waals surface area contributed by atoms with Crippen LogP contribution in [0.5, 0.6) is 0 Å². The van der Waals surface area contributed by atoms with Crippen LogP contribution in [0, 0.1) is 6.92 Å². The average molecular weight is 363 g/mol. The summed E-state index contributed by atoms with van der Waals surface area (Å²) in [6.07, 6.45) is 9.63. The van der Waals surface area contributed by atoms with Crippen molar-refractivity contribution in [3.8, 4) is 0 Å². The fraction of sp³-hybridized carbons (Fsp3) is 0.600. The lowest BCUT2D eigenvalue weighted by Crippen LogP contribution is -2.49. The lowest BCUT2D eigenvalue weighted by molar-refractivity contribution is -0.123. The molecule has 5 heteroatoms. The number of hydrogen-bond donors (Lipinski definition) is 2. The maximum atomic E-state index is 12.7. The number of nitrogens with one attached hydrogen (secondary N) is 2. The lowest BCUT2D eigenvalue weighted by atomic mass is 10.1. The first-order chi connectivity index (χ1) is 12.1. The van der Waals surface area contributed by atoms with Gasteiger partial charge >= 0.3 is 0 Å². The molecular weight excluding hydrogens is 332 g/mol. The summed E-state index contributed by atoms with van der Waals surface area (Å²) >= 11 is 1.69. The minimum Gasteiger partial charge on any atom is -0.352 e. The van der Waals surface area contributed by atoms with E-state index in [0.29, 0.717) is 12.0 Å². The van der Waals surface area contributed by atoms with Crippen LogP contribution >= 0.6 is 11.8 Å². The maximum Gasteiger partial charge on any atom is 0.251 e. The molecule has 1 saturated carbocycles. The van der Waals surface area contributed by atoms with Crippen molar-refractivity contribution in [3.05, 3.63) is 35.4 Å². The molecule has 0 bridgehead atoms. The highest BCUT2D eigenvalue weighted by Crippen LogP contribution is 2.17. The number of benzene rings is 1. The molecule has 1 fully saturated rings. The Bertz CT molecular complexity index is 569. The zero-order valence-corrected chi connectivity index (χ0v) is 16.2. The summed E-state index contributed by atoms with van der Waals surface area (Å²) in [5.74, 6) is 0.629. The van der Waals surface area contributed by atoms with E-state index in [0.717, 1.165) is 24.2 Å². The van der Waals surface area contributed by atoms with E-state index in [1.54, 1.807) is 17.8 Å². The summed E-state index contributed by atoms with van der Waals surface area (Å²) in [7, 11) is 0. The third kappa shape index (κ3) is 6.73. The van der Waals surface area contributed by atoms with E-state index >= 15 is 0 Å². The summed E-state index contributed by atoms with van der Waals surface area (Å²) in [5, 5.41) is 6.11. The number of carbonyl (C=O) groups is 2. The minimum absolute atomic E-state index is 0.0399. The molecular formula is C20H30N2O2S. The van der Waals surface area contributed by atoms with Crippen LogP contribution in [0.2, 0.25) is 0 Å². The predicted octanol–water partition coefficient (Wildman–Crippen LogP) is 3.69. The van der Waals surface area contributed by atoms with Gasteiger partial charge in [-0.2, -0.15) is 11.8 Å². The molecule has 0 aliphatic heterocycles. The Balaban J connectivity index is 1.98. The highest BCUT2D eigenvalue weighted by molar-refractivity contribution is 7.98. The Kier molecular flexibility index (Phi) is 8.32. The Morgan fingerprint density at radius 3 is 2.56 bits per heavy atom. The van der Waals surface area contributed by atoms with Crippen LogP contribution in [-0.2, 0) is 4.79 Å². The van der Waals surface area contributed by atoms with Crippen molar-refractivity contribution in [2.75, 3.05) is 12.0 Å². The van der Waals surface area contributed by atoms with Gasteiger partial charge in [-0.3, -0.25) is 9.59 Å². The molecule has 0 heterocycles. The van der Waals surface area contributed by atoms with Crippen LogP contribution in [0.25, 0.3) is 0 Å². The number of rotatable bonds is 7. The molecule has 0 radical (unpaired) electrons. The fourth-order valence-electron chi connectivity index (χ4n) is 3.26. The maximum absolute atomic E-state index is 12.7. The average Bonchev–Trinajstić information content (AvgIpc) is 2.87. The summed E-state index contributed by atoms with van der Waals surface area (Å²) in [5.41, 5.74) is 1.65. The van der Waals surface area contributed by atoms with Crippen molar-refractivity contribution in [2.24, 2.45) is 0 Å². The first-order valence-electron chi connectivity index (χ1n) is 9.27. The minimum atomic E-state index is -0.469. The first-order valence-corrected chi connectivity index (χ1v) is 10.7. The molecule has 2 rings (SSSR count). The Morgan fingerprint density at radius 1 is 1.20 bits per heavy atom. The van der Waals surface area contributed by atoms with Crippen molar-refractivity contribution in [3.63, 3.8) is 0 Å². The van der Waals surface area contributed by atoms with Crippen LogP contribution in [0.3, 0.4) is 0 Å². The second-order valence-electron chi connectivity index (χ2n) is 6.87. The third-order valence-corrected chi connectivity index (χ3v) is 5.36. The van der Waals surface area contributed by atoms with Crippen LogP contribution in [0.4, 0.5) is 0 Å². The van der Waals surface area contributed by atoms with Gasteiger partial charge < -0.3 is 10.6 Å². The number of aryl methyl sites for hydroxylation is 1. The van der Waals surface area contributed by atoms with E-state index in [2.05, 4.69) is 10.6 Å². The van der Waals surface area contributed by atoms with E-state index < -0.39 is 6.04 Å². The summed E-state index contributed by atoms with van der Waals surface area (Å²) in [4.78, 5) is 25.3. The van der Waals surface area contributed by atoms with Gasteiger partial charge in [-0.15, -0.1) is 0 Å². The van der Waals surface area contributed by atoms with Crippen molar-refractivity contribution >= 4 is 23.6 Å². The van der Waals surface area contributed by atoms with E-state index in [1.165, 1.54) is 25.7 Å². The lowest BCUT2D eigenvalue weighted by Gasteiger charge is -2.22. The van der Waals surface area contributed by atoms with Gasteiger partial charge in [-0.1, -0.05) is 43.4 Å². The SMILES string of the molecule is CSCCC(NC(=O)c1cccc(C)c1)C(=O)NC1CCCCCC1. The third-order valence-electron chi connectivity index (χ3n) is 4.71. The second kappa shape index (κ2) is 10.5. The molecule has 25 heavy (non-hydrogen) atoms. The van der Waals surface area contributed by atoms with Gasteiger partial charge in [0.2, 0.25) is 5.91 Å². The van der Waals surface area contributed by atoms with Crippen LogP contribution in [0.15, 0.2) is 24.3 Å². The van der Waals surface area contributed by atoms with Gasteiger partial charge in [0, 0.05) is 11.6 Å². The van der Waals surface area contributed by atoms with Gasteiger partial charge in [0.25, 0.3) is 5.91 Å². The molecule has 2 N–H and O–H groups in total. The normalized spacial score (nSPS) is 16.7. The highest BCUT2D eigenvalue weighted by Gasteiger charge is 2.24. The zero-order chi connectivity index (χ0) is 18.1. The second-order valence-corrected chi connectivity index (χ2v) is 7.86. The molecule has 1 aromatic carbocycles. The summed E-state index contributed by atoms with van der Waals surface area (Å²) in [6, 6.07) is 7.25. The first kappa shape index (κ1) is 19.8. The van der Waals surface area contributed by atoms with E-state index in [4.69, 9.17) is 0 Å². The molecule has 138 valence electrons. The number of amides is 2. The number of hydrogen-bond acceptors (Lipinski definition) is 3. The molecule has 1 aliphatic rings. The van der Waals surface area contributed by atoms with E-state index in [1.807, 2.05) is 31.4 Å². The standard InChI is InChI=1S/C20H30N2O2S/c1-15-8-7-9-16(14-15)19(23)22-18(12-13-25-2)20(24)21-17-10-5-3-4-6-11-17/h7-9,14,17-18H,3-6,10-13H2,1-2H3,(H,21,24)(H,22,23). The summed E-state index contributed by atoms with van der Waals surface area (Å²) in [6.45, 7) is 1.96. The summed E-state index contributed by atoms with van der Waals surface area (Å²) < 4.78 is 0. The van der Waals surface area contributed by atoms with Gasteiger partial charge in [0.15, 0.2) is 0 Å². The van der Waals surface area contributed by atoms with Gasteiger partial charge in [0.1, 0.15) is 6.04 Å². The van der Waals surface area contributed by atoms with Gasteiger partial charge in [-0.25, -0.2) is 0 Å². The monoisotopic (exact) mass is 362 g/mol. The molecule has 0 spiro atoms. The van der Waals surface area contributed by atoms with Crippen molar-refractivity contribution in [2.45, 2.75) is 64.0 Å². The van der Waals surface area contributed by atoms with Crippen LogP contribution in [-0.4, -0.2) is 35.9 Å². The topological polar surface area (TPSA) is 58.2 Å². The Hall–Kier alpha value is -1.49. The molecule has 1 unspecified atom stereocenters. The Morgan fingerprint density at radius 2 is 1.92 bits per heavy atom. The van der Waals surface area contributed by atoms with Crippen molar-refractivity contribution < 1.29 is 9.59 Å². The molecule has 0 saturated heterocycles. The van der Waals surface area contributed by atoms with Gasteiger partial charge in [-0.05, 0) is 50.3 Å². The zero-order valence-electron chi connectivity index (χ0n) is 15.3. The fourth-order valence-corrected chi connectivity index (χ4v) is 3.73. The van der Waals surface area contributed by atoms with Crippen LogP contribution < -0.4 is 10.6 Å². The van der Waals surface area contributed by atoms with E-state index in [9.17, 15) is 9.59 Å². The van der Waals surface area contributed by atoms with Crippen molar-refractivity contribution in [1.82, 2.24) is 10.6 Å². The molecule has 4 nitrogen and oxygen atoms in total. The van der Waals surface area contributed by atoms with Crippen molar-refractivity contribution in [1.29, 1.82) is 0 Å². The Labute approximate surface area is 155 Å². The quantitative estimate of drug-likeness (QED) is 0.728. The predicted molar refractivity (Wildman–Crippen MR) is 105 cm³/mol. The number of carbonyl (C=O) groups excluding carboxylic acids is 2. The van der Waals surface area contributed by atoms with Gasteiger partial charge in [0.05, 0.1) is 0 Å². The molecule has 1 atom stereocenters. The van der Waals surface area contributed by atoms with E-state index in [-0.39, 0.29) is 17.9 Å². The molecule has 2 amide bonds. The molecule has 1 aliphatic carbocycles. The molecule has 0 aromatic heterocycles. The number of thioether (sulfide) groups is 1. The highest BCUT2D eigenvalue weighted by atomic mass is 32.2.